The average molecular weight is 395 g/mol. The van der Waals surface area contributed by atoms with E-state index in [1.165, 1.54) is 0 Å². The maximum Gasteiger partial charge on any atom is 0.319 e. The van der Waals surface area contributed by atoms with Crippen LogP contribution in [0.3, 0.4) is 0 Å². The van der Waals surface area contributed by atoms with Gasteiger partial charge in [0.25, 0.3) is 0 Å². The molecule has 0 unspecified atom stereocenters. The summed E-state index contributed by atoms with van der Waals surface area (Å²) in [6, 6.07) is 16.5. The van der Waals surface area contributed by atoms with Crippen molar-refractivity contribution in [3.8, 4) is 0 Å². The summed E-state index contributed by atoms with van der Waals surface area (Å²) in [4.78, 5) is 31.2. The first-order valence-corrected chi connectivity index (χ1v) is 9.69. The minimum Gasteiger partial charge on any atom is -0.333 e. The summed E-state index contributed by atoms with van der Waals surface area (Å²) in [5.74, 6) is 0.00417. The number of carbonyl (C=O) groups is 2. The molecule has 0 bridgehead atoms. The number of aryl methyl sites for hydroxylation is 1. The highest BCUT2D eigenvalue weighted by Gasteiger charge is 2.11. The van der Waals surface area contributed by atoms with E-state index < -0.39 is 0 Å². The molecule has 0 spiro atoms. The van der Waals surface area contributed by atoms with Gasteiger partial charge in [-0.15, -0.1) is 11.3 Å². The number of aromatic nitrogens is 1. The summed E-state index contributed by atoms with van der Waals surface area (Å²) in [6.45, 7) is 2.37. The fourth-order valence-electron chi connectivity index (χ4n) is 2.62. The van der Waals surface area contributed by atoms with Crippen molar-refractivity contribution in [3.63, 3.8) is 0 Å². The monoisotopic (exact) mass is 394 g/mol. The molecule has 0 aliphatic rings. The van der Waals surface area contributed by atoms with Crippen molar-refractivity contribution in [2.45, 2.75) is 19.9 Å². The Bertz CT molecular complexity index is 939. The van der Waals surface area contributed by atoms with Gasteiger partial charge < -0.3 is 15.5 Å². The van der Waals surface area contributed by atoms with Gasteiger partial charge in [-0.1, -0.05) is 30.3 Å². The largest absolute Gasteiger partial charge is 0.333 e. The Hall–Kier alpha value is -3.19. The molecule has 144 valence electrons. The Morgan fingerprint density at radius 2 is 1.79 bits per heavy atom. The van der Waals surface area contributed by atoms with Crippen molar-refractivity contribution >= 4 is 34.6 Å². The molecule has 3 amide bonds. The lowest BCUT2D eigenvalue weighted by Gasteiger charge is -2.17. The van der Waals surface area contributed by atoms with Crippen LogP contribution in [-0.2, 0) is 17.8 Å². The number of urea groups is 1. The van der Waals surface area contributed by atoms with Crippen molar-refractivity contribution in [3.05, 3.63) is 76.2 Å². The van der Waals surface area contributed by atoms with Crippen LogP contribution in [-0.4, -0.2) is 24.0 Å². The fraction of sp³-hybridized carbons (Fsp3) is 0.190. The minimum atomic E-state index is -0.279. The SMILES string of the molecule is Cc1ncc(CNC(=O)Nc2ccc(CC(=O)N(C)c3ccccc3)cc2)s1. The number of carbonyl (C=O) groups excluding carboxylic acids is 2. The summed E-state index contributed by atoms with van der Waals surface area (Å²) in [5, 5.41) is 6.56. The Morgan fingerprint density at radius 1 is 1.07 bits per heavy atom. The van der Waals surface area contributed by atoms with E-state index in [9.17, 15) is 9.59 Å². The zero-order valence-electron chi connectivity index (χ0n) is 15.8. The predicted octanol–water partition coefficient (Wildman–Crippen LogP) is 3.98. The first kappa shape index (κ1) is 19.6. The van der Waals surface area contributed by atoms with E-state index in [2.05, 4.69) is 15.6 Å². The molecule has 0 radical (unpaired) electrons. The number of anilines is 2. The number of hydrogen-bond donors (Lipinski definition) is 2. The molecule has 3 aromatic rings. The van der Waals surface area contributed by atoms with Gasteiger partial charge in [-0.3, -0.25) is 4.79 Å². The zero-order valence-corrected chi connectivity index (χ0v) is 16.6. The minimum absolute atomic E-state index is 0.00417. The second kappa shape index (κ2) is 9.14. The molecule has 0 fully saturated rings. The summed E-state index contributed by atoms with van der Waals surface area (Å²) < 4.78 is 0. The average Bonchev–Trinajstić information content (AvgIpc) is 3.13. The number of amides is 3. The molecule has 28 heavy (non-hydrogen) atoms. The van der Waals surface area contributed by atoms with Crippen LogP contribution in [0.15, 0.2) is 60.8 Å². The van der Waals surface area contributed by atoms with Crippen LogP contribution in [0.25, 0.3) is 0 Å². The van der Waals surface area contributed by atoms with E-state index in [1.54, 1.807) is 41.6 Å². The molecule has 2 N–H and O–H groups in total. The number of benzene rings is 2. The fourth-order valence-corrected chi connectivity index (χ4v) is 3.36. The number of para-hydroxylation sites is 1. The second-order valence-electron chi connectivity index (χ2n) is 6.32. The third-order valence-corrected chi connectivity index (χ3v) is 5.09. The summed E-state index contributed by atoms with van der Waals surface area (Å²) in [7, 11) is 1.77. The lowest BCUT2D eigenvalue weighted by molar-refractivity contribution is -0.117. The van der Waals surface area contributed by atoms with Crippen LogP contribution in [0.4, 0.5) is 16.2 Å². The smallest absolute Gasteiger partial charge is 0.319 e. The second-order valence-corrected chi connectivity index (χ2v) is 7.63. The highest BCUT2D eigenvalue weighted by Crippen LogP contribution is 2.15. The van der Waals surface area contributed by atoms with Crippen molar-refractivity contribution in [2.24, 2.45) is 0 Å². The Labute approximate surface area is 168 Å². The first-order valence-electron chi connectivity index (χ1n) is 8.88. The van der Waals surface area contributed by atoms with E-state index in [1.807, 2.05) is 49.4 Å². The molecular formula is C21H22N4O2S. The van der Waals surface area contributed by atoms with Crippen molar-refractivity contribution in [1.82, 2.24) is 10.3 Å². The Balaban J connectivity index is 1.50. The molecule has 2 aromatic carbocycles. The lowest BCUT2D eigenvalue weighted by atomic mass is 10.1. The van der Waals surface area contributed by atoms with E-state index in [4.69, 9.17) is 0 Å². The van der Waals surface area contributed by atoms with E-state index in [0.29, 0.717) is 18.7 Å². The number of hydrogen-bond acceptors (Lipinski definition) is 4. The van der Waals surface area contributed by atoms with Gasteiger partial charge in [-0.2, -0.15) is 0 Å². The van der Waals surface area contributed by atoms with Gasteiger partial charge in [-0.05, 0) is 36.8 Å². The molecule has 0 aliphatic heterocycles. The number of rotatable bonds is 6. The topological polar surface area (TPSA) is 74.3 Å². The molecule has 0 aliphatic carbocycles. The predicted molar refractivity (Wildman–Crippen MR) is 113 cm³/mol. The molecule has 1 aromatic heterocycles. The molecule has 1 heterocycles. The molecule has 0 atom stereocenters. The molecule has 0 saturated heterocycles. The molecular weight excluding hydrogens is 372 g/mol. The van der Waals surface area contributed by atoms with Crippen molar-refractivity contribution < 1.29 is 9.59 Å². The normalized spacial score (nSPS) is 10.4. The van der Waals surface area contributed by atoms with Crippen LogP contribution in [0.5, 0.6) is 0 Å². The van der Waals surface area contributed by atoms with Gasteiger partial charge in [-0.25, -0.2) is 9.78 Å². The van der Waals surface area contributed by atoms with E-state index in [0.717, 1.165) is 21.1 Å². The van der Waals surface area contributed by atoms with Crippen molar-refractivity contribution in [2.75, 3.05) is 17.3 Å². The third kappa shape index (κ3) is 5.40. The summed E-state index contributed by atoms with van der Waals surface area (Å²) in [5.41, 5.74) is 2.42. The molecule has 6 nitrogen and oxygen atoms in total. The maximum absolute atomic E-state index is 12.4. The van der Waals surface area contributed by atoms with Crippen LogP contribution in [0.2, 0.25) is 0 Å². The van der Waals surface area contributed by atoms with Crippen LogP contribution in [0.1, 0.15) is 15.4 Å². The van der Waals surface area contributed by atoms with Crippen LogP contribution >= 0.6 is 11.3 Å². The Morgan fingerprint density at radius 3 is 2.43 bits per heavy atom. The Kier molecular flexibility index (Phi) is 6.39. The van der Waals surface area contributed by atoms with Gasteiger partial charge in [0.15, 0.2) is 0 Å². The number of nitrogens with zero attached hydrogens (tertiary/aromatic N) is 2. The van der Waals surface area contributed by atoms with Gasteiger partial charge >= 0.3 is 6.03 Å². The summed E-state index contributed by atoms with van der Waals surface area (Å²) >= 11 is 1.55. The number of likely N-dealkylation sites (N-methyl/N-ethyl adjacent to an activating group) is 1. The first-order chi connectivity index (χ1) is 13.5. The van der Waals surface area contributed by atoms with Gasteiger partial charge in [0, 0.05) is 29.5 Å². The van der Waals surface area contributed by atoms with Crippen LogP contribution in [0, 0.1) is 6.92 Å². The van der Waals surface area contributed by atoms with Crippen LogP contribution < -0.4 is 15.5 Å². The van der Waals surface area contributed by atoms with Gasteiger partial charge in [0.2, 0.25) is 5.91 Å². The number of thiazole rings is 1. The zero-order chi connectivity index (χ0) is 19.9. The van der Waals surface area contributed by atoms with E-state index in [-0.39, 0.29) is 11.9 Å². The standard InChI is InChI=1S/C21H22N4O2S/c1-15-22-13-19(28-15)14-23-21(27)24-17-10-8-16(9-11-17)12-20(26)25(2)18-6-4-3-5-7-18/h3-11,13H,12,14H2,1-2H3,(H2,23,24,27). The van der Waals surface area contributed by atoms with Gasteiger partial charge in [0.05, 0.1) is 18.0 Å². The molecule has 3 rings (SSSR count). The summed E-state index contributed by atoms with van der Waals surface area (Å²) in [6.07, 6.45) is 2.06. The van der Waals surface area contributed by atoms with E-state index >= 15 is 0 Å². The number of nitrogens with one attached hydrogen (secondary N) is 2. The maximum atomic E-state index is 12.4. The molecule has 0 saturated carbocycles. The highest BCUT2D eigenvalue weighted by molar-refractivity contribution is 7.11. The lowest BCUT2D eigenvalue weighted by Crippen LogP contribution is -2.28. The van der Waals surface area contributed by atoms with Crippen molar-refractivity contribution in [1.29, 1.82) is 0 Å². The highest BCUT2D eigenvalue weighted by atomic mass is 32.1. The third-order valence-electron chi connectivity index (χ3n) is 4.18. The van der Waals surface area contributed by atoms with Gasteiger partial charge in [0.1, 0.15) is 0 Å². The molecule has 7 heteroatoms. The quantitative estimate of drug-likeness (QED) is 0.664.